The largest absolute Gasteiger partial charge is 0.378 e. The van der Waals surface area contributed by atoms with Crippen molar-refractivity contribution in [2.24, 2.45) is 5.92 Å². The zero-order chi connectivity index (χ0) is 20.8. The molecule has 2 fully saturated rings. The predicted octanol–water partition coefficient (Wildman–Crippen LogP) is 3.20. The summed E-state index contributed by atoms with van der Waals surface area (Å²) in [7, 11) is 0. The molecule has 2 heterocycles. The van der Waals surface area contributed by atoms with Crippen LogP contribution < -0.4 is 10.2 Å². The van der Waals surface area contributed by atoms with E-state index in [1.807, 2.05) is 12.1 Å². The van der Waals surface area contributed by atoms with Gasteiger partial charge in [-0.05, 0) is 37.3 Å². The summed E-state index contributed by atoms with van der Waals surface area (Å²) in [5, 5.41) is 12.8. The molecule has 0 atom stereocenters. The number of para-hydroxylation sites is 1. The van der Waals surface area contributed by atoms with Crippen LogP contribution in [0.5, 0.6) is 0 Å². The Morgan fingerprint density at radius 3 is 2.70 bits per heavy atom. The van der Waals surface area contributed by atoms with Gasteiger partial charge in [-0.3, -0.25) is 9.36 Å². The minimum atomic E-state index is 0.0674. The number of aromatic nitrogens is 3. The van der Waals surface area contributed by atoms with Crippen molar-refractivity contribution in [1.82, 2.24) is 20.1 Å². The quantitative estimate of drug-likeness (QED) is 0.682. The smallest absolute Gasteiger partial charge is 0.232 e. The van der Waals surface area contributed by atoms with Crippen LogP contribution in [0.3, 0.4) is 0 Å². The average molecular weight is 430 g/mol. The number of morpholine rings is 1. The number of hydrogen-bond acceptors (Lipinski definition) is 6. The highest BCUT2D eigenvalue weighted by Crippen LogP contribution is 2.29. The summed E-state index contributed by atoms with van der Waals surface area (Å²) in [5.41, 5.74) is 2.20. The first-order valence-electron chi connectivity index (χ1n) is 11.0. The van der Waals surface area contributed by atoms with Crippen molar-refractivity contribution in [3.05, 3.63) is 29.8 Å². The maximum absolute atomic E-state index is 12.5. The van der Waals surface area contributed by atoms with Crippen molar-refractivity contribution in [3.8, 4) is 5.69 Å². The Balaban J connectivity index is 1.46. The van der Waals surface area contributed by atoms with Crippen LogP contribution >= 0.6 is 11.8 Å². The minimum absolute atomic E-state index is 0.0674. The number of nitrogens with one attached hydrogen (secondary N) is 1. The highest BCUT2D eigenvalue weighted by molar-refractivity contribution is 7.99. The normalized spacial score (nSPS) is 17.8. The monoisotopic (exact) mass is 429 g/mol. The average Bonchev–Trinajstić information content (AvgIpc) is 3.21. The van der Waals surface area contributed by atoms with E-state index >= 15 is 0 Å². The fourth-order valence-electron chi connectivity index (χ4n) is 4.18. The van der Waals surface area contributed by atoms with E-state index in [-0.39, 0.29) is 5.91 Å². The number of thioether (sulfide) groups is 1. The Labute approximate surface area is 182 Å². The molecule has 1 aliphatic heterocycles. The van der Waals surface area contributed by atoms with Gasteiger partial charge in [0, 0.05) is 19.6 Å². The van der Waals surface area contributed by atoms with Crippen LogP contribution in [0.4, 0.5) is 5.95 Å². The van der Waals surface area contributed by atoms with Gasteiger partial charge in [0.15, 0.2) is 5.16 Å². The van der Waals surface area contributed by atoms with Crippen molar-refractivity contribution >= 4 is 23.6 Å². The third-order valence-electron chi connectivity index (χ3n) is 5.91. The molecule has 2 aromatic rings. The SMILES string of the molecule is Cc1ccccc1-n1c(SCC(=O)NCC2CCCCC2)nnc1N1CCOCC1. The van der Waals surface area contributed by atoms with Gasteiger partial charge in [0.05, 0.1) is 24.7 Å². The molecule has 0 spiro atoms. The maximum Gasteiger partial charge on any atom is 0.232 e. The molecular weight excluding hydrogens is 398 g/mol. The van der Waals surface area contributed by atoms with Gasteiger partial charge in [0.25, 0.3) is 0 Å². The zero-order valence-electron chi connectivity index (χ0n) is 17.7. The molecule has 0 unspecified atom stereocenters. The van der Waals surface area contributed by atoms with Crippen molar-refractivity contribution in [2.75, 3.05) is 43.5 Å². The van der Waals surface area contributed by atoms with Crippen LogP contribution in [0.2, 0.25) is 0 Å². The summed E-state index contributed by atoms with van der Waals surface area (Å²) in [6, 6.07) is 8.22. The van der Waals surface area contributed by atoms with Crippen LogP contribution in [0.15, 0.2) is 29.4 Å². The molecular formula is C22H31N5O2S. The highest BCUT2D eigenvalue weighted by Gasteiger charge is 2.23. The lowest BCUT2D eigenvalue weighted by molar-refractivity contribution is -0.118. The second kappa shape index (κ2) is 10.3. The van der Waals surface area contributed by atoms with E-state index in [4.69, 9.17) is 4.74 Å². The van der Waals surface area contributed by atoms with Gasteiger partial charge in [-0.25, -0.2) is 0 Å². The van der Waals surface area contributed by atoms with E-state index in [0.29, 0.717) is 24.9 Å². The fraction of sp³-hybridized carbons (Fsp3) is 0.591. The Morgan fingerprint density at radius 1 is 1.17 bits per heavy atom. The number of carbonyl (C=O) groups is 1. The first kappa shape index (κ1) is 21.2. The number of anilines is 1. The van der Waals surface area contributed by atoms with Crippen LogP contribution in [0.25, 0.3) is 5.69 Å². The number of amides is 1. The Kier molecular flexibility index (Phi) is 7.28. The zero-order valence-corrected chi connectivity index (χ0v) is 18.5. The van der Waals surface area contributed by atoms with E-state index in [1.54, 1.807) is 0 Å². The van der Waals surface area contributed by atoms with E-state index in [9.17, 15) is 4.79 Å². The second-order valence-electron chi connectivity index (χ2n) is 8.10. The number of hydrogen-bond donors (Lipinski definition) is 1. The van der Waals surface area contributed by atoms with Crippen LogP contribution in [0, 0.1) is 12.8 Å². The predicted molar refractivity (Wildman–Crippen MR) is 119 cm³/mol. The third-order valence-corrected chi connectivity index (χ3v) is 6.84. The van der Waals surface area contributed by atoms with E-state index in [1.165, 1.54) is 43.9 Å². The number of aryl methyl sites for hydroxylation is 1. The molecule has 1 aliphatic carbocycles. The standard InChI is InChI=1S/C22H31N5O2S/c1-17-7-5-6-10-19(17)27-21(26-11-13-29-14-12-26)24-25-22(27)30-16-20(28)23-15-18-8-3-2-4-9-18/h5-7,10,18H,2-4,8-9,11-16H2,1H3,(H,23,28). The number of rotatable bonds is 7. The lowest BCUT2D eigenvalue weighted by Gasteiger charge is -2.28. The van der Waals surface area contributed by atoms with Gasteiger partial charge in [-0.1, -0.05) is 49.2 Å². The molecule has 2 aliphatic rings. The summed E-state index contributed by atoms with van der Waals surface area (Å²) in [6.45, 7) is 5.83. The molecule has 0 bridgehead atoms. The van der Waals surface area contributed by atoms with Gasteiger partial charge in [0.1, 0.15) is 0 Å². The number of carbonyl (C=O) groups excluding carboxylic acids is 1. The lowest BCUT2D eigenvalue weighted by Crippen LogP contribution is -2.38. The van der Waals surface area contributed by atoms with E-state index in [2.05, 4.69) is 44.0 Å². The summed E-state index contributed by atoms with van der Waals surface area (Å²) in [5.74, 6) is 1.87. The molecule has 162 valence electrons. The highest BCUT2D eigenvalue weighted by atomic mass is 32.2. The third kappa shape index (κ3) is 5.16. The van der Waals surface area contributed by atoms with Gasteiger partial charge in [-0.2, -0.15) is 0 Å². The number of ether oxygens (including phenoxy) is 1. The molecule has 4 rings (SSSR count). The Hall–Kier alpha value is -2.06. The molecule has 1 saturated heterocycles. The summed E-state index contributed by atoms with van der Waals surface area (Å²) < 4.78 is 7.58. The molecule has 1 N–H and O–H groups in total. The van der Waals surface area contributed by atoms with Crippen LogP contribution in [-0.4, -0.2) is 59.3 Å². The van der Waals surface area contributed by atoms with E-state index < -0.39 is 0 Å². The molecule has 1 aromatic heterocycles. The molecule has 1 saturated carbocycles. The summed E-state index contributed by atoms with van der Waals surface area (Å²) >= 11 is 1.45. The first-order valence-corrected chi connectivity index (χ1v) is 11.9. The van der Waals surface area contributed by atoms with Crippen molar-refractivity contribution in [3.63, 3.8) is 0 Å². The summed E-state index contributed by atoms with van der Waals surface area (Å²) in [4.78, 5) is 14.7. The number of nitrogens with zero attached hydrogens (tertiary/aromatic N) is 4. The van der Waals surface area contributed by atoms with Gasteiger partial charge in [0.2, 0.25) is 11.9 Å². The molecule has 7 nitrogen and oxygen atoms in total. The maximum atomic E-state index is 12.5. The molecule has 1 amide bonds. The fourth-order valence-corrected chi connectivity index (χ4v) is 4.95. The van der Waals surface area contributed by atoms with Crippen LogP contribution in [0.1, 0.15) is 37.7 Å². The lowest BCUT2D eigenvalue weighted by atomic mass is 9.89. The van der Waals surface area contributed by atoms with Crippen molar-refractivity contribution in [1.29, 1.82) is 0 Å². The molecule has 0 radical (unpaired) electrons. The second-order valence-corrected chi connectivity index (χ2v) is 9.04. The van der Waals surface area contributed by atoms with Gasteiger partial charge < -0.3 is 15.0 Å². The van der Waals surface area contributed by atoms with Crippen molar-refractivity contribution < 1.29 is 9.53 Å². The Morgan fingerprint density at radius 2 is 1.93 bits per heavy atom. The molecule has 1 aromatic carbocycles. The van der Waals surface area contributed by atoms with Crippen molar-refractivity contribution in [2.45, 2.75) is 44.2 Å². The van der Waals surface area contributed by atoms with E-state index in [0.717, 1.165) is 42.0 Å². The first-order chi connectivity index (χ1) is 14.7. The minimum Gasteiger partial charge on any atom is -0.378 e. The summed E-state index contributed by atoms with van der Waals surface area (Å²) in [6.07, 6.45) is 6.38. The molecule has 30 heavy (non-hydrogen) atoms. The van der Waals surface area contributed by atoms with Gasteiger partial charge in [-0.15, -0.1) is 10.2 Å². The number of benzene rings is 1. The van der Waals surface area contributed by atoms with Gasteiger partial charge >= 0.3 is 0 Å². The topological polar surface area (TPSA) is 72.3 Å². The van der Waals surface area contributed by atoms with Crippen LogP contribution in [-0.2, 0) is 9.53 Å². The molecule has 8 heteroatoms. The Bertz CT molecular complexity index is 844.